The Morgan fingerprint density at radius 3 is 2.50 bits per heavy atom. The topological polar surface area (TPSA) is 76.0 Å². The highest BCUT2D eigenvalue weighted by Crippen LogP contribution is 2.20. The van der Waals surface area contributed by atoms with E-state index in [1.165, 1.54) is 12.1 Å². The normalized spacial score (nSPS) is 13.1. The minimum Gasteiger partial charge on any atom is -0.348 e. The number of nitrogens with one attached hydrogen (secondary N) is 2. The Hall–Kier alpha value is -2.70. The van der Waals surface area contributed by atoms with Crippen LogP contribution in [0.4, 0.5) is 4.39 Å². The van der Waals surface area contributed by atoms with Crippen molar-refractivity contribution in [3.8, 4) is 5.69 Å². The van der Waals surface area contributed by atoms with Gasteiger partial charge < -0.3 is 10.6 Å². The zero-order chi connectivity index (χ0) is 19.3. The fourth-order valence-corrected chi connectivity index (χ4v) is 2.59. The highest BCUT2D eigenvalue weighted by Gasteiger charge is 2.17. The zero-order valence-electron chi connectivity index (χ0n) is 15.5. The number of aromatic nitrogens is 2. The first-order valence-corrected chi connectivity index (χ1v) is 8.71. The second-order valence-electron chi connectivity index (χ2n) is 6.39. The number of halogens is 1. The fraction of sp³-hybridized carbons (Fsp3) is 0.421. The van der Waals surface area contributed by atoms with E-state index < -0.39 is 0 Å². The number of nitrogens with zero attached hydrogens (tertiary/aromatic N) is 2. The summed E-state index contributed by atoms with van der Waals surface area (Å²) in [5, 5.41) is 9.82. The molecule has 0 spiro atoms. The molecule has 0 saturated heterocycles. The summed E-state index contributed by atoms with van der Waals surface area (Å²) in [6, 6.07) is 5.78. The van der Waals surface area contributed by atoms with E-state index in [0.29, 0.717) is 0 Å². The van der Waals surface area contributed by atoms with Gasteiger partial charge in [-0.1, -0.05) is 13.8 Å². The molecule has 1 aromatic heterocycles. The molecule has 2 rings (SSSR count). The van der Waals surface area contributed by atoms with Gasteiger partial charge in [-0.15, -0.1) is 0 Å². The molecule has 0 aliphatic carbocycles. The van der Waals surface area contributed by atoms with Gasteiger partial charge in [-0.05, 0) is 44.5 Å². The van der Waals surface area contributed by atoms with Crippen LogP contribution in [-0.4, -0.2) is 28.1 Å². The smallest absolute Gasteiger partial charge is 0.239 e. The zero-order valence-corrected chi connectivity index (χ0v) is 15.5. The van der Waals surface area contributed by atoms with Gasteiger partial charge in [-0.25, -0.2) is 9.07 Å². The van der Waals surface area contributed by atoms with E-state index in [1.807, 2.05) is 27.7 Å². The Bertz CT molecular complexity index is 770. The lowest BCUT2D eigenvalue weighted by Gasteiger charge is -2.15. The molecule has 1 aromatic carbocycles. The number of benzene rings is 1. The van der Waals surface area contributed by atoms with Gasteiger partial charge in [-0.3, -0.25) is 9.59 Å². The molecular weight excluding hydrogens is 335 g/mol. The van der Waals surface area contributed by atoms with Crippen molar-refractivity contribution in [3.05, 3.63) is 47.5 Å². The molecule has 140 valence electrons. The molecule has 2 aromatic rings. The average molecular weight is 360 g/mol. The van der Waals surface area contributed by atoms with Crippen LogP contribution in [0.5, 0.6) is 0 Å². The number of hydrogen-bond donors (Lipinski definition) is 2. The van der Waals surface area contributed by atoms with Gasteiger partial charge in [0.1, 0.15) is 5.82 Å². The summed E-state index contributed by atoms with van der Waals surface area (Å²) in [5.74, 6) is -0.811. The van der Waals surface area contributed by atoms with Crippen LogP contribution in [0.15, 0.2) is 30.5 Å². The largest absolute Gasteiger partial charge is 0.348 e. The van der Waals surface area contributed by atoms with Crippen molar-refractivity contribution in [1.82, 2.24) is 20.4 Å². The molecule has 2 N–H and O–H groups in total. The summed E-state index contributed by atoms with van der Waals surface area (Å²) < 4.78 is 14.8. The third-order valence-corrected chi connectivity index (χ3v) is 4.45. The first-order chi connectivity index (χ1) is 12.3. The maximum atomic E-state index is 13.1. The van der Waals surface area contributed by atoms with Crippen LogP contribution in [-0.2, 0) is 9.59 Å². The third-order valence-electron chi connectivity index (χ3n) is 4.45. The molecule has 0 saturated carbocycles. The summed E-state index contributed by atoms with van der Waals surface area (Å²) in [6.07, 6.45) is 2.41. The summed E-state index contributed by atoms with van der Waals surface area (Å²) in [5.41, 5.74) is 2.46. The van der Waals surface area contributed by atoms with Gasteiger partial charge in [0.25, 0.3) is 0 Å². The third kappa shape index (κ3) is 4.68. The van der Waals surface area contributed by atoms with Crippen LogP contribution in [0.2, 0.25) is 0 Å². The van der Waals surface area contributed by atoms with Gasteiger partial charge in [0.2, 0.25) is 11.8 Å². The van der Waals surface area contributed by atoms with Gasteiger partial charge in [-0.2, -0.15) is 5.10 Å². The maximum absolute atomic E-state index is 13.1. The highest BCUT2D eigenvalue weighted by molar-refractivity contribution is 5.85. The summed E-state index contributed by atoms with van der Waals surface area (Å²) in [7, 11) is 0. The molecule has 1 heterocycles. The molecule has 0 aliphatic heterocycles. The molecule has 26 heavy (non-hydrogen) atoms. The van der Waals surface area contributed by atoms with Crippen molar-refractivity contribution in [2.24, 2.45) is 5.92 Å². The van der Waals surface area contributed by atoms with E-state index in [2.05, 4.69) is 15.7 Å². The minimum atomic E-state index is -0.307. The van der Waals surface area contributed by atoms with Crippen molar-refractivity contribution < 1.29 is 14.0 Å². The Morgan fingerprint density at radius 1 is 1.23 bits per heavy atom. The molecule has 2 amide bonds. The Kier molecular flexibility index (Phi) is 6.49. The number of carbonyl (C=O) groups is 2. The number of hydrogen-bond acceptors (Lipinski definition) is 3. The number of carbonyl (C=O) groups excluding carboxylic acids is 2. The number of rotatable bonds is 7. The molecule has 0 unspecified atom stereocenters. The minimum absolute atomic E-state index is 0.0569. The second kappa shape index (κ2) is 8.60. The van der Waals surface area contributed by atoms with Gasteiger partial charge in [0.05, 0.1) is 24.5 Å². The van der Waals surface area contributed by atoms with Gasteiger partial charge >= 0.3 is 0 Å². The predicted molar refractivity (Wildman–Crippen MR) is 97.3 cm³/mol. The predicted octanol–water partition coefficient (Wildman–Crippen LogP) is 2.66. The first kappa shape index (κ1) is 19.6. The van der Waals surface area contributed by atoms with E-state index in [9.17, 15) is 14.0 Å². The van der Waals surface area contributed by atoms with Crippen LogP contribution in [0.3, 0.4) is 0 Å². The molecule has 7 heteroatoms. The average Bonchev–Trinajstić information content (AvgIpc) is 3.01. The summed E-state index contributed by atoms with van der Waals surface area (Å²) in [6.45, 7) is 7.43. The molecule has 0 aliphatic rings. The van der Waals surface area contributed by atoms with Gasteiger partial charge in [0.15, 0.2) is 0 Å². The maximum Gasteiger partial charge on any atom is 0.239 e. The Labute approximate surface area is 152 Å². The Morgan fingerprint density at radius 2 is 1.88 bits per heavy atom. The highest BCUT2D eigenvalue weighted by atomic mass is 19.1. The van der Waals surface area contributed by atoms with E-state index >= 15 is 0 Å². The van der Waals surface area contributed by atoms with Crippen molar-refractivity contribution >= 4 is 11.8 Å². The number of amides is 2. The van der Waals surface area contributed by atoms with Crippen molar-refractivity contribution in [2.45, 2.75) is 40.2 Å². The van der Waals surface area contributed by atoms with Crippen molar-refractivity contribution in [1.29, 1.82) is 0 Å². The SMILES string of the molecule is CC[C@@H](C)C(=O)NCC(=O)N[C@@H](C)c1cnn(-c2ccc(F)cc2)c1C. The molecule has 6 nitrogen and oxygen atoms in total. The van der Waals surface area contributed by atoms with Gasteiger partial charge in [0, 0.05) is 17.2 Å². The summed E-state index contributed by atoms with van der Waals surface area (Å²) >= 11 is 0. The van der Waals surface area contributed by atoms with E-state index in [1.54, 1.807) is 23.0 Å². The van der Waals surface area contributed by atoms with Crippen LogP contribution in [0.1, 0.15) is 44.5 Å². The second-order valence-corrected chi connectivity index (χ2v) is 6.39. The summed E-state index contributed by atoms with van der Waals surface area (Å²) in [4.78, 5) is 23.8. The molecule has 0 fully saturated rings. The van der Waals surface area contributed by atoms with Crippen LogP contribution in [0, 0.1) is 18.7 Å². The lowest BCUT2D eigenvalue weighted by Crippen LogP contribution is -2.39. The van der Waals surface area contributed by atoms with Crippen molar-refractivity contribution in [3.63, 3.8) is 0 Å². The van der Waals surface area contributed by atoms with Crippen molar-refractivity contribution in [2.75, 3.05) is 6.54 Å². The lowest BCUT2D eigenvalue weighted by atomic mass is 10.1. The quantitative estimate of drug-likeness (QED) is 0.797. The van der Waals surface area contributed by atoms with E-state index in [4.69, 9.17) is 0 Å². The van der Waals surface area contributed by atoms with E-state index in [-0.39, 0.29) is 36.1 Å². The first-order valence-electron chi connectivity index (χ1n) is 8.71. The van der Waals surface area contributed by atoms with Crippen LogP contribution in [0.25, 0.3) is 5.69 Å². The molecule has 0 radical (unpaired) electrons. The van der Waals surface area contributed by atoms with E-state index in [0.717, 1.165) is 23.4 Å². The molecular formula is C19H25FN4O2. The molecule has 2 atom stereocenters. The standard InChI is InChI=1S/C19H25FN4O2/c1-5-12(2)19(26)21-11-18(25)23-13(3)17-10-22-24(14(17)4)16-8-6-15(20)7-9-16/h6-10,12-13H,5,11H2,1-4H3,(H,21,26)(H,23,25)/t12-,13+/m1/s1. The Balaban J connectivity index is 1.99. The van der Waals surface area contributed by atoms with Crippen LogP contribution < -0.4 is 10.6 Å². The monoisotopic (exact) mass is 360 g/mol. The molecule has 0 bridgehead atoms. The lowest BCUT2D eigenvalue weighted by molar-refractivity contribution is -0.128. The fourth-order valence-electron chi connectivity index (χ4n) is 2.59. The van der Waals surface area contributed by atoms with Crippen LogP contribution >= 0.6 is 0 Å².